The smallest absolute Gasteiger partial charge is 0.412 e. The summed E-state index contributed by atoms with van der Waals surface area (Å²) in [5, 5.41) is 2.71. The molecular formula is C17H21BrClN3O3. The summed E-state index contributed by atoms with van der Waals surface area (Å²) in [5.41, 5.74) is -0.0335. The van der Waals surface area contributed by atoms with E-state index in [1.54, 1.807) is 45.0 Å². The van der Waals surface area contributed by atoms with E-state index < -0.39 is 11.7 Å². The SMILES string of the molecule is CC.CC(C)(C)OC(=O)Nc1cccc(Oc2nc(Cl)ncc2Br)c1. The van der Waals surface area contributed by atoms with Crippen LogP contribution < -0.4 is 10.1 Å². The van der Waals surface area contributed by atoms with E-state index in [2.05, 4.69) is 31.2 Å². The average molecular weight is 431 g/mol. The van der Waals surface area contributed by atoms with Gasteiger partial charge in [0.05, 0.1) is 4.47 Å². The van der Waals surface area contributed by atoms with E-state index in [4.69, 9.17) is 21.1 Å². The highest BCUT2D eigenvalue weighted by molar-refractivity contribution is 9.10. The van der Waals surface area contributed by atoms with E-state index in [0.717, 1.165) is 0 Å². The number of anilines is 1. The maximum Gasteiger partial charge on any atom is 0.412 e. The summed E-state index contributed by atoms with van der Waals surface area (Å²) in [5.74, 6) is 0.758. The van der Waals surface area contributed by atoms with Gasteiger partial charge < -0.3 is 9.47 Å². The third-order valence-corrected chi connectivity index (χ3v) is 3.10. The van der Waals surface area contributed by atoms with Crippen LogP contribution in [0.1, 0.15) is 34.6 Å². The van der Waals surface area contributed by atoms with Crippen LogP contribution in [0.5, 0.6) is 11.6 Å². The summed E-state index contributed by atoms with van der Waals surface area (Å²) in [7, 11) is 0. The molecule has 0 aliphatic heterocycles. The van der Waals surface area contributed by atoms with Gasteiger partial charge in [0.1, 0.15) is 11.4 Å². The summed E-state index contributed by atoms with van der Waals surface area (Å²) < 4.78 is 11.4. The highest BCUT2D eigenvalue weighted by atomic mass is 79.9. The second kappa shape index (κ2) is 9.58. The first-order valence-corrected chi connectivity index (χ1v) is 8.86. The molecule has 0 aliphatic carbocycles. The molecule has 0 saturated carbocycles. The molecule has 1 amide bonds. The van der Waals surface area contributed by atoms with Crippen molar-refractivity contribution < 1.29 is 14.3 Å². The molecule has 25 heavy (non-hydrogen) atoms. The molecule has 136 valence electrons. The molecule has 0 aliphatic rings. The number of rotatable bonds is 3. The number of amides is 1. The Bertz CT molecular complexity index is 721. The molecule has 1 heterocycles. The van der Waals surface area contributed by atoms with Crippen LogP contribution in [0.25, 0.3) is 0 Å². The normalized spacial score (nSPS) is 10.4. The maximum absolute atomic E-state index is 11.8. The van der Waals surface area contributed by atoms with Crippen LogP contribution in [-0.2, 0) is 4.74 Å². The lowest BCUT2D eigenvalue weighted by atomic mass is 10.2. The van der Waals surface area contributed by atoms with Crippen molar-refractivity contribution in [3.8, 4) is 11.6 Å². The predicted molar refractivity (Wildman–Crippen MR) is 102 cm³/mol. The van der Waals surface area contributed by atoms with Crippen molar-refractivity contribution in [3.63, 3.8) is 0 Å². The van der Waals surface area contributed by atoms with Gasteiger partial charge in [0.15, 0.2) is 0 Å². The van der Waals surface area contributed by atoms with Gasteiger partial charge in [0.25, 0.3) is 0 Å². The number of carbonyl (C=O) groups excluding carboxylic acids is 1. The van der Waals surface area contributed by atoms with Crippen molar-refractivity contribution in [2.75, 3.05) is 5.32 Å². The van der Waals surface area contributed by atoms with Gasteiger partial charge in [0, 0.05) is 18.0 Å². The molecule has 8 heteroatoms. The van der Waals surface area contributed by atoms with Crippen LogP contribution in [0.15, 0.2) is 34.9 Å². The van der Waals surface area contributed by atoms with Crippen molar-refractivity contribution in [1.82, 2.24) is 9.97 Å². The Kier molecular flexibility index (Phi) is 8.12. The zero-order valence-corrected chi connectivity index (χ0v) is 17.1. The number of halogens is 2. The molecule has 0 unspecified atom stereocenters. The van der Waals surface area contributed by atoms with Crippen molar-refractivity contribution in [2.24, 2.45) is 0 Å². The molecule has 2 rings (SSSR count). The van der Waals surface area contributed by atoms with E-state index in [1.807, 2.05) is 13.8 Å². The monoisotopic (exact) mass is 429 g/mol. The first-order valence-electron chi connectivity index (χ1n) is 7.69. The van der Waals surface area contributed by atoms with Gasteiger partial charge in [-0.25, -0.2) is 9.78 Å². The van der Waals surface area contributed by atoms with Gasteiger partial charge in [-0.2, -0.15) is 4.98 Å². The molecule has 1 aromatic carbocycles. The summed E-state index contributed by atoms with van der Waals surface area (Å²) in [6.07, 6.45) is 0.953. The van der Waals surface area contributed by atoms with Gasteiger partial charge in [-0.1, -0.05) is 19.9 Å². The van der Waals surface area contributed by atoms with Gasteiger partial charge in [0.2, 0.25) is 11.2 Å². The molecule has 0 spiro atoms. The van der Waals surface area contributed by atoms with Crippen LogP contribution in [0, 0.1) is 0 Å². The highest BCUT2D eigenvalue weighted by Crippen LogP contribution is 2.29. The molecule has 1 aromatic heterocycles. The second-order valence-corrected chi connectivity index (χ2v) is 6.74. The summed E-state index contributed by atoms with van der Waals surface area (Å²) in [6, 6.07) is 6.83. The lowest BCUT2D eigenvalue weighted by Crippen LogP contribution is -2.27. The molecule has 0 bridgehead atoms. The van der Waals surface area contributed by atoms with Crippen molar-refractivity contribution in [1.29, 1.82) is 0 Å². The minimum atomic E-state index is -0.569. The molecular weight excluding hydrogens is 410 g/mol. The largest absolute Gasteiger partial charge is 0.444 e. The molecule has 6 nitrogen and oxygen atoms in total. The number of hydrogen-bond acceptors (Lipinski definition) is 5. The average Bonchev–Trinajstić information content (AvgIpc) is 2.51. The minimum Gasteiger partial charge on any atom is -0.444 e. The Morgan fingerprint density at radius 1 is 1.28 bits per heavy atom. The van der Waals surface area contributed by atoms with Crippen LogP contribution >= 0.6 is 27.5 Å². The maximum atomic E-state index is 11.8. The quantitative estimate of drug-likeness (QED) is 0.599. The fourth-order valence-corrected chi connectivity index (χ4v) is 1.97. The van der Waals surface area contributed by atoms with Crippen LogP contribution in [0.3, 0.4) is 0 Å². The van der Waals surface area contributed by atoms with Crippen molar-refractivity contribution in [3.05, 3.63) is 40.2 Å². The topological polar surface area (TPSA) is 73.3 Å². The third kappa shape index (κ3) is 7.70. The van der Waals surface area contributed by atoms with Gasteiger partial charge >= 0.3 is 6.09 Å². The Balaban J connectivity index is 0.00000151. The number of benzene rings is 1. The van der Waals surface area contributed by atoms with E-state index in [9.17, 15) is 4.79 Å². The highest BCUT2D eigenvalue weighted by Gasteiger charge is 2.16. The lowest BCUT2D eigenvalue weighted by Gasteiger charge is -2.19. The minimum absolute atomic E-state index is 0.0752. The zero-order chi connectivity index (χ0) is 19.0. The number of hydrogen-bond donors (Lipinski definition) is 1. The first-order chi connectivity index (χ1) is 11.7. The Morgan fingerprint density at radius 2 is 1.96 bits per heavy atom. The lowest BCUT2D eigenvalue weighted by molar-refractivity contribution is 0.0636. The summed E-state index contributed by atoms with van der Waals surface area (Å²) >= 11 is 9.03. The predicted octanol–water partition coefficient (Wildman–Crippen LogP) is 6.06. The molecule has 1 N–H and O–H groups in total. The van der Waals surface area contributed by atoms with E-state index in [1.165, 1.54) is 6.20 Å². The zero-order valence-electron chi connectivity index (χ0n) is 14.8. The summed E-state index contributed by atoms with van der Waals surface area (Å²) in [6.45, 7) is 9.38. The Morgan fingerprint density at radius 3 is 2.60 bits per heavy atom. The van der Waals surface area contributed by atoms with Gasteiger partial charge in [-0.05, 0) is 60.4 Å². The Hall–Kier alpha value is -1.86. The molecule has 0 saturated heterocycles. The van der Waals surface area contributed by atoms with Crippen LogP contribution in [0.4, 0.5) is 10.5 Å². The van der Waals surface area contributed by atoms with Crippen LogP contribution in [0.2, 0.25) is 5.28 Å². The van der Waals surface area contributed by atoms with E-state index >= 15 is 0 Å². The number of aromatic nitrogens is 2. The van der Waals surface area contributed by atoms with Gasteiger partial charge in [-0.3, -0.25) is 5.32 Å². The first kappa shape index (κ1) is 21.2. The van der Waals surface area contributed by atoms with Crippen molar-refractivity contribution in [2.45, 2.75) is 40.2 Å². The number of nitrogens with zero attached hydrogens (tertiary/aromatic N) is 2. The number of carbonyl (C=O) groups is 1. The van der Waals surface area contributed by atoms with Crippen LogP contribution in [-0.4, -0.2) is 21.7 Å². The van der Waals surface area contributed by atoms with E-state index in [-0.39, 0.29) is 11.2 Å². The van der Waals surface area contributed by atoms with Crippen molar-refractivity contribution >= 4 is 39.3 Å². The third-order valence-electron chi connectivity index (χ3n) is 2.38. The van der Waals surface area contributed by atoms with E-state index in [0.29, 0.717) is 15.9 Å². The standard InChI is InChI=1S/C15H15BrClN3O3.C2H6/c1-15(2,3)23-14(21)19-9-5-4-6-10(7-9)22-12-11(16)8-18-13(17)20-12;1-2/h4-8H,1-3H3,(H,19,21);1-2H3. The van der Waals surface area contributed by atoms with Gasteiger partial charge in [-0.15, -0.1) is 0 Å². The molecule has 2 aromatic rings. The fourth-order valence-electron chi connectivity index (χ4n) is 1.57. The fraction of sp³-hybridized carbons (Fsp3) is 0.353. The summed E-state index contributed by atoms with van der Waals surface area (Å²) in [4.78, 5) is 19.6. The molecule has 0 radical (unpaired) electrons. The second-order valence-electron chi connectivity index (χ2n) is 5.55. The molecule has 0 fully saturated rings. The number of nitrogens with one attached hydrogen (secondary N) is 1. The number of ether oxygens (including phenoxy) is 2. The molecule has 0 atom stereocenters. The Labute approximate surface area is 161 Å².